The first kappa shape index (κ1) is 12.6. The number of hydrogen-bond donors (Lipinski definition) is 1. The molecular weight excluding hydrogens is 208 g/mol. The molecule has 0 spiro atoms. The topological polar surface area (TPSA) is 29.3 Å². The summed E-state index contributed by atoms with van der Waals surface area (Å²) in [4.78, 5) is 2.51. The van der Waals surface area contributed by atoms with Crippen LogP contribution in [0.5, 0.6) is 0 Å². The molecule has 1 unspecified atom stereocenters. The largest absolute Gasteiger partial charge is 0.326 e. The van der Waals surface area contributed by atoms with E-state index in [1.165, 1.54) is 16.7 Å². The molecule has 1 aliphatic heterocycles. The van der Waals surface area contributed by atoms with Crippen molar-refractivity contribution in [2.75, 3.05) is 6.54 Å². The minimum absolute atomic E-state index is 0.232. The van der Waals surface area contributed by atoms with Crippen molar-refractivity contribution in [2.45, 2.75) is 52.2 Å². The molecule has 2 heteroatoms. The van der Waals surface area contributed by atoms with Gasteiger partial charge < -0.3 is 5.73 Å². The average Bonchev–Trinajstić information content (AvgIpc) is 2.46. The van der Waals surface area contributed by atoms with Crippen molar-refractivity contribution in [3.8, 4) is 0 Å². The molecular formula is C15H24N2. The van der Waals surface area contributed by atoms with Gasteiger partial charge in [0.25, 0.3) is 0 Å². The molecule has 1 heterocycles. The molecule has 1 aromatic rings. The smallest absolute Gasteiger partial charge is 0.0242 e. The molecule has 1 aliphatic rings. The molecule has 17 heavy (non-hydrogen) atoms. The zero-order chi connectivity index (χ0) is 12.6. The summed E-state index contributed by atoms with van der Waals surface area (Å²) < 4.78 is 0. The second-order valence-electron chi connectivity index (χ2n) is 6.09. The zero-order valence-corrected chi connectivity index (χ0v) is 11.5. The Balaban J connectivity index is 2.18. The highest BCUT2D eigenvalue weighted by atomic mass is 15.2. The first-order chi connectivity index (χ1) is 7.88. The fourth-order valence-electron chi connectivity index (χ4n) is 2.82. The molecule has 2 N–H and O–H groups in total. The van der Waals surface area contributed by atoms with Crippen LogP contribution < -0.4 is 5.73 Å². The van der Waals surface area contributed by atoms with Crippen LogP contribution in [0.3, 0.4) is 0 Å². The van der Waals surface area contributed by atoms with Gasteiger partial charge in [-0.1, -0.05) is 23.8 Å². The highest BCUT2D eigenvalue weighted by Gasteiger charge is 2.36. The summed E-state index contributed by atoms with van der Waals surface area (Å²) >= 11 is 0. The average molecular weight is 232 g/mol. The first-order valence-electron chi connectivity index (χ1n) is 6.45. The van der Waals surface area contributed by atoms with Gasteiger partial charge in [-0.3, -0.25) is 4.90 Å². The molecule has 1 fully saturated rings. The normalized spacial score (nSPS) is 24.2. The number of benzene rings is 1. The Morgan fingerprint density at radius 1 is 1.35 bits per heavy atom. The summed E-state index contributed by atoms with van der Waals surface area (Å²) in [5.41, 5.74) is 10.5. The number of nitrogens with zero attached hydrogens (tertiary/aromatic N) is 1. The van der Waals surface area contributed by atoms with Crippen molar-refractivity contribution in [2.24, 2.45) is 5.73 Å². The predicted molar refractivity (Wildman–Crippen MR) is 73.0 cm³/mol. The van der Waals surface area contributed by atoms with Gasteiger partial charge in [-0.15, -0.1) is 0 Å². The minimum Gasteiger partial charge on any atom is -0.326 e. The molecule has 0 bridgehead atoms. The first-order valence-corrected chi connectivity index (χ1v) is 6.45. The summed E-state index contributed by atoms with van der Waals surface area (Å²) in [6.07, 6.45) is 1.10. The van der Waals surface area contributed by atoms with Crippen LogP contribution in [0.4, 0.5) is 0 Å². The third kappa shape index (κ3) is 2.70. The molecule has 2 rings (SSSR count). The quantitative estimate of drug-likeness (QED) is 0.849. The van der Waals surface area contributed by atoms with Crippen molar-refractivity contribution in [3.05, 3.63) is 34.9 Å². The highest BCUT2D eigenvalue weighted by molar-refractivity contribution is 5.30. The second-order valence-corrected chi connectivity index (χ2v) is 6.09. The summed E-state index contributed by atoms with van der Waals surface area (Å²) in [7, 11) is 0. The van der Waals surface area contributed by atoms with Gasteiger partial charge in [-0.05, 0) is 45.2 Å². The summed E-state index contributed by atoms with van der Waals surface area (Å²) in [6, 6.07) is 7.03. The third-order valence-corrected chi connectivity index (χ3v) is 3.94. The van der Waals surface area contributed by atoms with Gasteiger partial charge in [-0.2, -0.15) is 0 Å². The number of nitrogens with two attached hydrogens (primary N) is 1. The van der Waals surface area contributed by atoms with Gasteiger partial charge in [0.1, 0.15) is 0 Å². The van der Waals surface area contributed by atoms with Crippen molar-refractivity contribution in [3.63, 3.8) is 0 Å². The van der Waals surface area contributed by atoms with Crippen molar-refractivity contribution < 1.29 is 0 Å². The van der Waals surface area contributed by atoms with Crippen LogP contribution in [-0.2, 0) is 6.54 Å². The van der Waals surface area contributed by atoms with Gasteiger partial charge in [0.15, 0.2) is 0 Å². The highest BCUT2D eigenvalue weighted by Crippen LogP contribution is 2.30. The molecule has 0 aliphatic carbocycles. The maximum absolute atomic E-state index is 6.08. The minimum atomic E-state index is 0.232. The lowest BCUT2D eigenvalue weighted by Gasteiger charge is -2.31. The number of rotatable bonds is 2. The lowest BCUT2D eigenvalue weighted by atomic mass is 9.99. The van der Waals surface area contributed by atoms with Gasteiger partial charge in [-0.25, -0.2) is 0 Å². The van der Waals surface area contributed by atoms with E-state index in [1.54, 1.807) is 0 Å². The van der Waals surface area contributed by atoms with E-state index in [4.69, 9.17) is 5.73 Å². The van der Waals surface area contributed by atoms with Crippen LogP contribution in [0.25, 0.3) is 0 Å². The van der Waals surface area contributed by atoms with Gasteiger partial charge in [0.05, 0.1) is 0 Å². The van der Waals surface area contributed by atoms with E-state index in [9.17, 15) is 0 Å². The molecule has 1 saturated heterocycles. The molecule has 1 aromatic carbocycles. The van der Waals surface area contributed by atoms with Crippen LogP contribution in [0.15, 0.2) is 18.2 Å². The fourth-order valence-corrected chi connectivity index (χ4v) is 2.82. The van der Waals surface area contributed by atoms with Crippen molar-refractivity contribution in [1.82, 2.24) is 4.90 Å². The molecule has 2 nitrogen and oxygen atoms in total. The van der Waals surface area contributed by atoms with E-state index in [2.05, 4.69) is 50.8 Å². The van der Waals surface area contributed by atoms with E-state index in [0.29, 0.717) is 6.04 Å². The lowest BCUT2D eigenvalue weighted by molar-refractivity contribution is 0.166. The molecule has 0 aromatic heterocycles. The maximum Gasteiger partial charge on any atom is 0.0242 e. The van der Waals surface area contributed by atoms with E-state index in [0.717, 1.165) is 19.5 Å². The van der Waals surface area contributed by atoms with E-state index in [1.807, 2.05) is 0 Å². The van der Waals surface area contributed by atoms with Gasteiger partial charge in [0.2, 0.25) is 0 Å². The van der Waals surface area contributed by atoms with Gasteiger partial charge >= 0.3 is 0 Å². The second kappa shape index (κ2) is 4.43. The molecule has 94 valence electrons. The SMILES string of the molecule is Cc1ccc(C)c(CN2CC(N)CC2(C)C)c1. The van der Waals surface area contributed by atoms with Crippen LogP contribution in [0.2, 0.25) is 0 Å². The van der Waals surface area contributed by atoms with Crippen LogP contribution in [0.1, 0.15) is 37.0 Å². The lowest BCUT2D eigenvalue weighted by Crippen LogP contribution is -2.37. The Morgan fingerprint density at radius 2 is 2.06 bits per heavy atom. The molecule has 0 saturated carbocycles. The summed E-state index contributed by atoms with van der Waals surface area (Å²) in [5.74, 6) is 0. The van der Waals surface area contributed by atoms with Gasteiger partial charge in [0, 0.05) is 24.7 Å². The Labute approximate surface area is 105 Å². The fraction of sp³-hybridized carbons (Fsp3) is 0.600. The maximum atomic E-state index is 6.08. The number of aryl methyl sites for hydroxylation is 2. The molecule has 1 atom stereocenters. The Kier molecular flexibility index (Phi) is 3.28. The Morgan fingerprint density at radius 3 is 2.65 bits per heavy atom. The third-order valence-electron chi connectivity index (χ3n) is 3.94. The van der Waals surface area contributed by atoms with Crippen molar-refractivity contribution in [1.29, 1.82) is 0 Å². The summed E-state index contributed by atoms with van der Waals surface area (Å²) in [6.45, 7) is 11.0. The number of hydrogen-bond acceptors (Lipinski definition) is 2. The van der Waals surface area contributed by atoms with E-state index < -0.39 is 0 Å². The monoisotopic (exact) mass is 232 g/mol. The molecule has 0 radical (unpaired) electrons. The molecule has 0 amide bonds. The van der Waals surface area contributed by atoms with Crippen molar-refractivity contribution >= 4 is 0 Å². The van der Waals surface area contributed by atoms with Crippen LogP contribution in [0, 0.1) is 13.8 Å². The predicted octanol–water partition coefficient (Wildman–Crippen LogP) is 2.62. The zero-order valence-electron chi connectivity index (χ0n) is 11.5. The standard InChI is InChI=1S/C15H24N2/c1-11-5-6-12(2)13(7-11)9-17-10-14(16)8-15(17,3)4/h5-7,14H,8-10,16H2,1-4H3. The summed E-state index contributed by atoms with van der Waals surface area (Å²) in [5, 5.41) is 0. The number of likely N-dealkylation sites (tertiary alicyclic amines) is 1. The van der Waals surface area contributed by atoms with Crippen LogP contribution >= 0.6 is 0 Å². The van der Waals surface area contributed by atoms with E-state index >= 15 is 0 Å². The van der Waals surface area contributed by atoms with Crippen LogP contribution in [-0.4, -0.2) is 23.0 Å². The Hall–Kier alpha value is -0.860. The van der Waals surface area contributed by atoms with E-state index in [-0.39, 0.29) is 5.54 Å². The Bertz CT molecular complexity index is 409.